The zero-order valence-electron chi connectivity index (χ0n) is 9.83. The largest absolute Gasteiger partial charge is 0.322 e. The summed E-state index contributed by atoms with van der Waals surface area (Å²) in [5.74, 6) is -2.34. The van der Waals surface area contributed by atoms with Crippen molar-refractivity contribution in [3.63, 3.8) is 0 Å². The van der Waals surface area contributed by atoms with Gasteiger partial charge in [-0.3, -0.25) is 0 Å². The summed E-state index contributed by atoms with van der Waals surface area (Å²) in [5.41, 5.74) is 5.87. The molecule has 0 amide bonds. The van der Waals surface area contributed by atoms with Crippen LogP contribution in [0.4, 0.5) is 8.78 Å². The van der Waals surface area contributed by atoms with Crippen LogP contribution < -0.4 is 5.73 Å². The maximum absolute atomic E-state index is 13.0. The van der Waals surface area contributed by atoms with Crippen LogP contribution >= 0.6 is 11.3 Å². The van der Waals surface area contributed by atoms with Crippen LogP contribution in [0.15, 0.2) is 0 Å². The highest BCUT2D eigenvalue weighted by Crippen LogP contribution is 2.41. The molecule has 0 aliphatic heterocycles. The molecule has 1 heterocycles. The monoisotopic (exact) mass is 261 g/mol. The van der Waals surface area contributed by atoms with Crippen molar-refractivity contribution < 1.29 is 8.78 Å². The highest BCUT2D eigenvalue weighted by atomic mass is 32.1. The van der Waals surface area contributed by atoms with Crippen LogP contribution in [-0.4, -0.2) is 16.1 Å². The van der Waals surface area contributed by atoms with E-state index in [1.54, 1.807) is 0 Å². The van der Waals surface area contributed by atoms with Gasteiger partial charge in [-0.2, -0.15) is 0 Å². The molecule has 2 N–H and O–H groups in total. The van der Waals surface area contributed by atoms with Gasteiger partial charge in [0.05, 0.1) is 6.04 Å². The normalized spacial score (nSPS) is 22.6. The van der Waals surface area contributed by atoms with Gasteiger partial charge in [-0.15, -0.1) is 10.2 Å². The van der Waals surface area contributed by atoms with E-state index in [-0.39, 0.29) is 24.8 Å². The molecule has 6 heteroatoms. The molecule has 0 radical (unpaired) electrons. The average molecular weight is 261 g/mol. The summed E-state index contributed by atoms with van der Waals surface area (Å²) in [6.45, 7) is 1.99. The van der Waals surface area contributed by atoms with E-state index in [9.17, 15) is 8.78 Å². The summed E-state index contributed by atoms with van der Waals surface area (Å²) in [6, 6.07) is -0.0775. The summed E-state index contributed by atoms with van der Waals surface area (Å²) in [7, 11) is 0. The fourth-order valence-electron chi connectivity index (χ4n) is 2.02. The second-order valence-electron chi connectivity index (χ2n) is 4.62. The molecule has 0 aromatic carbocycles. The first kappa shape index (κ1) is 12.8. The van der Waals surface area contributed by atoms with Crippen LogP contribution in [0.25, 0.3) is 0 Å². The predicted octanol–water partition coefficient (Wildman–Crippen LogP) is 3.24. The number of aromatic nitrogens is 2. The molecule has 1 unspecified atom stereocenters. The lowest BCUT2D eigenvalue weighted by Gasteiger charge is -2.26. The standard InChI is InChI=1S/C11H17F2N3S/c1-2-8(14)10-16-15-9(17-10)7-3-5-11(12,13)6-4-7/h7-8H,2-6,14H2,1H3. The molecule has 0 spiro atoms. The first-order valence-corrected chi connectivity index (χ1v) is 6.80. The van der Waals surface area contributed by atoms with Crippen LogP contribution in [0.1, 0.15) is 61.0 Å². The van der Waals surface area contributed by atoms with E-state index in [0.717, 1.165) is 16.4 Å². The molecule has 1 aromatic rings. The molecule has 1 saturated carbocycles. The van der Waals surface area contributed by atoms with Gasteiger partial charge < -0.3 is 5.73 Å². The second kappa shape index (κ2) is 4.94. The molecule has 1 aliphatic carbocycles. The third-order valence-electron chi connectivity index (χ3n) is 3.28. The van der Waals surface area contributed by atoms with E-state index in [0.29, 0.717) is 12.8 Å². The molecular formula is C11H17F2N3S. The zero-order chi connectivity index (χ0) is 12.5. The molecule has 1 atom stereocenters. The number of hydrogen-bond donors (Lipinski definition) is 1. The molecule has 96 valence electrons. The van der Waals surface area contributed by atoms with Crippen molar-refractivity contribution in [1.82, 2.24) is 10.2 Å². The van der Waals surface area contributed by atoms with E-state index >= 15 is 0 Å². The Labute approximate surface area is 103 Å². The quantitative estimate of drug-likeness (QED) is 0.908. The van der Waals surface area contributed by atoms with Gasteiger partial charge in [-0.1, -0.05) is 18.3 Å². The molecule has 17 heavy (non-hydrogen) atoms. The summed E-state index contributed by atoms with van der Waals surface area (Å²) < 4.78 is 26.1. The molecule has 3 nitrogen and oxygen atoms in total. The van der Waals surface area contributed by atoms with Crippen LogP contribution in [-0.2, 0) is 0 Å². The Morgan fingerprint density at radius 3 is 2.65 bits per heavy atom. The molecule has 0 bridgehead atoms. The van der Waals surface area contributed by atoms with Gasteiger partial charge in [0.15, 0.2) is 0 Å². The Kier molecular flexibility index (Phi) is 3.73. The minimum absolute atomic E-state index is 0.0353. The molecule has 1 aliphatic rings. The predicted molar refractivity (Wildman–Crippen MR) is 63.3 cm³/mol. The van der Waals surface area contributed by atoms with Gasteiger partial charge in [-0.05, 0) is 19.3 Å². The van der Waals surface area contributed by atoms with Gasteiger partial charge in [-0.25, -0.2) is 8.78 Å². The van der Waals surface area contributed by atoms with Crippen LogP contribution in [0.2, 0.25) is 0 Å². The number of nitrogens with zero attached hydrogens (tertiary/aromatic N) is 2. The van der Waals surface area contributed by atoms with E-state index in [2.05, 4.69) is 10.2 Å². The van der Waals surface area contributed by atoms with E-state index in [1.807, 2.05) is 6.92 Å². The van der Waals surface area contributed by atoms with Gasteiger partial charge in [0.1, 0.15) is 10.0 Å². The third kappa shape index (κ3) is 2.98. The van der Waals surface area contributed by atoms with E-state index < -0.39 is 5.92 Å². The molecule has 0 saturated heterocycles. The lowest BCUT2D eigenvalue weighted by Crippen LogP contribution is -2.23. The summed E-state index contributed by atoms with van der Waals surface area (Å²) in [5, 5.41) is 9.85. The Morgan fingerprint density at radius 2 is 2.06 bits per heavy atom. The Morgan fingerprint density at radius 1 is 1.41 bits per heavy atom. The fraction of sp³-hybridized carbons (Fsp3) is 0.818. The summed E-state index contributed by atoms with van der Waals surface area (Å²) in [6.07, 6.45) is 1.75. The van der Waals surface area contributed by atoms with Gasteiger partial charge in [0, 0.05) is 18.8 Å². The van der Waals surface area contributed by atoms with Crippen LogP contribution in [0.3, 0.4) is 0 Å². The van der Waals surface area contributed by atoms with Crippen molar-refractivity contribution in [2.45, 2.75) is 56.9 Å². The maximum Gasteiger partial charge on any atom is 0.248 e. The fourth-order valence-corrected chi connectivity index (χ4v) is 3.12. The Hall–Kier alpha value is -0.620. The van der Waals surface area contributed by atoms with Gasteiger partial charge in [0.2, 0.25) is 5.92 Å². The molecule has 2 rings (SSSR count). The van der Waals surface area contributed by atoms with Crippen molar-refractivity contribution in [2.24, 2.45) is 5.73 Å². The number of rotatable bonds is 3. The SMILES string of the molecule is CCC(N)c1nnc(C2CCC(F)(F)CC2)s1. The van der Waals surface area contributed by atoms with Crippen molar-refractivity contribution >= 4 is 11.3 Å². The highest BCUT2D eigenvalue weighted by molar-refractivity contribution is 7.11. The number of nitrogens with two attached hydrogens (primary N) is 1. The summed E-state index contributed by atoms with van der Waals surface area (Å²) >= 11 is 1.48. The summed E-state index contributed by atoms with van der Waals surface area (Å²) in [4.78, 5) is 0. The lowest BCUT2D eigenvalue weighted by atomic mass is 9.87. The first-order valence-electron chi connectivity index (χ1n) is 5.98. The van der Waals surface area contributed by atoms with E-state index in [4.69, 9.17) is 5.73 Å². The molecule has 1 aromatic heterocycles. The van der Waals surface area contributed by atoms with Crippen molar-refractivity contribution in [3.05, 3.63) is 10.0 Å². The van der Waals surface area contributed by atoms with Crippen molar-refractivity contribution in [2.75, 3.05) is 0 Å². The van der Waals surface area contributed by atoms with Gasteiger partial charge in [0.25, 0.3) is 0 Å². The lowest BCUT2D eigenvalue weighted by molar-refractivity contribution is -0.0382. The highest BCUT2D eigenvalue weighted by Gasteiger charge is 2.36. The van der Waals surface area contributed by atoms with Crippen LogP contribution in [0, 0.1) is 0 Å². The maximum atomic E-state index is 13.0. The first-order chi connectivity index (χ1) is 8.02. The molecular weight excluding hydrogens is 244 g/mol. The van der Waals surface area contributed by atoms with Crippen molar-refractivity contribution in [3.8, 4) is 0 Å². The van der Waals surface area contributed by atoms with E-state index in [1.165, 1.54) is 11.3 Å². The number of alkyl halides is 2. The smallest absolute Gasteiger partial charge is 0.248 e. The topological polar surface area (TPSA) is 51.8 Å². The second-order valence-corrected chi connectivity index (χ2v) is 5.66. The zero-order valence-corrected chi connectivity index (χ0v) is 10.6. The third-order valence-corrected chi connectivity index (χ3v) is 4.50. The minimum Gasteiger partial charge on any atom is -0.322 e. The number of hydrogen-bond acceptors (Lipinski definition) is 4. The van der Waals surface area contributed by atoms with Crippen LogP contribution in [0.5, 0.6) is 0 Å². The van der Waals surface area contributed by atoms with Crippen molar-refractivity contribution in [1.29, 1.82) is 0 Å². The average Bonchev–Trinajstić information content (AvgIpc) is 2.77. The Balaban J connectivity index is 2.01. The Bertz CT molecular complexity index is 371. The minimum atomic E-state index is -2.48. The number of halogens is 2. The molecule has 1 fully saturated rings. The van der Waals surface area contributed by atoms with Gasteiger partial charge >= 0.3 is 0 Å².